The second kappa shape index (κ2) is 7.78. The van der Waals surface area contributed by atoms with Crippen LogP contribution in [0.15, 0.2) is 56.8 Å². The lowest BCUT2D eigenvalue weighted by Crippen LogP contribution is -2.29. The molecule has 0 spiro atoms. The number of para-hydroxylation sites is 1. The summed E-state index contributed by atoms with van der Waals surface area (Å²) in [6, 6.07) is 15.6. The minimum absolute atomic E-state index is 0.217. The number of hydrogen-bond acceptors (Lipinski definition) is 4. The minimum Gasteiger partial charge on any atom is -0.330 e. The van der Waals surface area contributed by atoms with Gasteiger partial charge in [-0.3, -0.25) is 4.79 Å². The fraction of sp³-hybridized carbons (Fsp3) is 0.250. The Morgan fingerprint density at radius 3 is 2.65 bits per heavy atom. The van der Waals surface area contributed by atoms with Crippen molar-refractivity contribution in [1.82, 2.24) is 14.2 Å². The SMILES string of the molecule is Cc1c(C=Nn2c(C(C)(C)C)nc3ccc(Br)cc3c2=O)c2ccccc2n1CC#N. The van der Waals surface area contributed by atoms with Crippen molar-refractivity contribution in [3.63, 3.8) is 0 Å². The van der Waals surface area contributed by atoms with E-state index in [1.165, 1.54) is 4.68 Å². The molecule has 0 unspecified atom stereocenters. The molecule has 7 heteroatoms. The Balaban J connectivity index is 1.97. The molecular formula is C24H22BrN5O. The van der Waals surface area contributed by atoms with Crippen LogP contribution < -0.4 is 5.56 Å². The molecule has 0 radical (unpaired) electrons. The van der Waals surface area contributed by atoms with E-state index in [1.807, 2.05) is 68.7 Å². The molecule has 2 aromatic carbocycles. The Morgan fingerprint density at radius 1 is 1.19 bits per heavy atom. The van der Waals surface area contributed by atoms with Gasteiger partial charge < -0.3 is 4.57 Å². The summed E-state index contributed by atoms with van der Waals surface area (Å²) >= 11 is 3.44. The van der Waals surface area contributed by atoms with Crippen LogP contribution in [0.3, 0.4) is 0 Å². The second-order valence-electron chi connectivity index (χ2n) is 8.47. The van der Waals surface area contributed by atoms with E-state index in [4.69, 9.17) is 4.98 Å². The van der Waals surface area contributed by atoms with Crippen molar-refractivity contribution in [3.8, 4) is 6.07 Å². The minimum atomic E-state index is -0.387. The van der Waals surface area contributed by atoms with E-state index in [0.29, 0.717) is 16.7 Å². The number of aromatic nitrogens is 3. The maximum absolute atomic E-state index is 13.4. The molecule has 31 heavy (non-hydrogen) atoms. The highest BCUT2D eigenvalue weighted by Gasteiger charge is 2.23. The van der Waals surface area contributed by atoms with Crippen molar-refractivity contribution in [2.24, 2.45) is 5.10 Å². The van der Waals surface area contributed by atoms with Crippen molar-refractivity contribution in [2.45, 2.75) is 39.7 Å². The molecule has 0 aliphatic rings. The van der Waals surface area contributed by atoms with E-state index in [2.05, 4.69) is 27.1 Å². The molecule has 0 bridgehead atoms. The summed E-state index contributed by atoms with van der Waals surface area (Å²) in [5.74, 6) is 0.585. The van der Waals surface area contributed by atoms with Gasteiger partial charge in [0.2, 0.25) is 0 Å². The third kappa shape index (κ3) is 3.68. The number of nitriles is 1. The van der Waals surface area contributed by atoms with Gasteiger partial charge >= 0.3 is 0 Å². The van der Waals surface area contributed by atoms with Gasteiger partial charge in [-0.05, 0) is 31.2 Å². The first kappa shape index (κ1) is 21.0. The lowest BCUT2D eigenvalue weighted by molar-refractivity contribution is 0.506. The molecule has 2 heterocycles. The first-order chi connectivity index (χ1) is 14.7. The quantitative estimate of drug-likeness (QED) is 0.385. The molecule has 0 N–H and O–H groups in total. The number of halogens is 1. The summed E-state index contributed by atoms with van der Waals surface area (Å²) in [6.07, 6.45) is 1.70. The molecule has 2 aromatic heterocycles. The first-order valence-corrected chi connectivity index (χ1v) is 10.7. The molecule has 0 atom stereocenters. The lowest BCUT2D eigenvalue weighted by atomic mass is 9.95. The molecule has 4 rings (SSSR count). The van der Waals surface area contributed by atoms with E-state index < -0.39 is 0 Å². The van der Waals surface area contributed by atoms with Crippen LogP contribution >= 0.6 is 15.9 Å². The van der Waals surface area contributed by atoms with Crippen LogP contribution in [-0.2, 0) is 12.0 Å². The summed E-state index contributed by atoms with van der Waals surface area (Å²) in [5, 5.41) is 15.3. The maximum Gasteiger partial charge on any atom is 0.282 e. The third-order valence-corrected chi connectivity index (χ3v) is 5.78. The molecule has 0 saturated heterocycles. The van der Waals surface area contributed by atoms with E-state index in [9.17, 15) is 10.1 Å². The lowest BCUT2D eigenvalue weighted by Gasteiger charge is -2.20. The Morgan fingerprint density at radius 2 is 1.94 bits per heavy atom. The smallest absolute Gasteiger partial charge is 0.282 e. The highest BCUT2D eigenvalue weighted by molar-refractivity contribution is 9.10. The van der Waals surface area contributed by atoms with Crippen molar-refractivity contribution < 1.29 is 0 Å². The number of fused-ring (bicyclic) bond motifs is 2. The number of benzene rings is 2. The summed E-state index contributed by atoms with van der Waals surface area (Å²) in [7, 11) is 0. The van der Waals surface area contributed by atoms with Crippen molar-refractivity contribution >= 4 is 44.0 Å². The van der Waals surface area contributed by atoms with Gasteiger partial charge in [0.05, 0.1) is 23.2 Å². The van der Waals surface area contributed by atoms with Gasteiger partial charge in [0.1, 0.15) is 12.4 Å². The third-order valence-electron chi connectivity index (χ3n) is 5.29. The van der Waals surface area contributed by atoms with Crippen LogP contribution in [0.2, 0.25) is 0 Å². The molecule has 4 aromatic rings. The maximum atomic E-state index is 13.4. The molecule has 0 aliphatic carbocycles. The molecule has 156 valence electrons. The van der Waals surface area contributed by atoms with E-state index >= 15 is 0 Å². The molecule has 0 fully saturated rings. The van der Waals surface area contributed by atoms with Crippen LogP contribution in [-0.4, -0.2) is 20.4 Å². The van der Waals surface area contributed by atoms with Crippen LogP contribution in [0.25, 0.3) is 21.8 Å². The summed E-state index contributed by atoms with van der Waals surface area (Å²) in [5.41, 5.74) is 2.81. The van der Waals surface area contributed by atoms with E-state index in [-0.39, 0.29) is 17.5 Å². The Kier molecular flexibility index (Phi) is 5.28. The Bertz CT molecular complexity index is 1450. The van der Waals surface area contributed by atoms with Gasteiger partial charge in [0, 0.05) is 32.0 Å². The largest absolute Gasteiger partial charge is 0.330 e. The average Bonchev–Trinajstić information content (AvgIpc) is 2.98. The van der Waals surface area contributed by atoms with Crippen LogP contribution in [0.4, 0.5) is 0 Å². The van der Waals surface area contributed by atoms with Gasteiger partial charge in [0.15, 0.2) is 0 Å². The zero-order chi connectivity index (χ0) is 22.3. The fourth-order valence-corrected chi connectivity index (χ4v) is 4.11. The topological polar surface area (TPSA) is 76.0 Å². The first-order valence-electron chi connectivity index (χ1n) is 9.94. The molecule has 0 amide bonds. The zero-order valence-corrected chi connectivity index (χ0v) is 19.4. The summed E-state index contributed by atoms with van der Waals surface area (Å²) < 4.78 is 4.16. The molecule has 6 nitrogen and oxygen atoms in total. The van der Waals surface area contributed by atoms with Crippen LogP contribution in [0.1, 0.15) is 37.9 Å². The van der Waals surface area contributed by atoms with Crippen LogP contribution in [0, 0.1) is 18.3 Å². The van der Waals surface area contributed by atoms with Gasteiger partial charge in [-0.1, -0.05) is 54.9 Å². The fourth-order valence-electron chi connectivity index (χ4n) is 3.75. The highest BCUT2D eigenvalue weighted by atomic mass is 79.9. The average molecular weight is 476 g/mol. The van der Waals surface area contributed by atoms with Gasteiger partial charge in [-0.2, -0.15) is 15.0 Å². The monoisotopic (exact) mass is 475 g/mol. The highest BCUT2D eigenvalue weighted by Crippen LogP contribution is 2.26. The second-order valence-corrected chi connectivity index (χ2v) is 9.38. The molecular weight excluding hydrogens is 454 g/mol. The normalized spacial score (nSPS) is 12.1. The predicted molar refractivity (Wildman–Crippen MR) is 128 cm³/mol. The zero-order valence-electron chi connectivity index (χ0n) is 17.8. The Labute approximate surface area is 188 Å². The number of hydrogen-bond donors (Lipinski definition) is 0. The van der Waals surface area contributed by atoms with Crippen LogP contribution in [0.5, 0.6) is 0 Å². The van der Waals surface area contributed by atoms with Crippen molar-refractivity contribution in [1.29, 1.82) is 5.26 Å². The predicted octanol–water partition coefficient (Wildman–Crippen LogP) is 5.13. The van der Waals surface area contributed by atoms with E-state index in [0.717, 1.165) is 26.6 Å². The standard InChI is InChI=1S/C24H22BrN5O/c1-15-19(17-7-5-6-8-21(17)29(15)12-11-26)14-27-30-22(31)18-13-16(25)9-10-20(18)28-23(30)24(2,3)4/h5-10,13-14H,12H2,1-4H3. The summed E-state index contributed by atoms with van der Waals surface area (Å²) in [4.78, 5) is 18.1. The molecule has 0 saturated carbocycles. The van der Waals surface area contributed by atoms with Gasteiger partial charge in [-0.25, -0.2) is 4.98 Å². The van der Waals surface area contributed by atoms with E-state index in [1.54, 1.807) is 12.3 Å². The van der Waals surface area contributed by atoms with Gasteiger partial charge in [0.25, 0.3) is 5.56 Å². The van der Waals surface area contributed by atoms with Gasteiger partial charge in [-0.15, -0.1) is 0 Å². The number of rotatable bonds is 3. The van der Waals surface area contributed by atoms with Crippen molar-refractivity contribution in [3.05, 3.63) is 74.4 Å². The molecule has 0 aliphatic heterocycles. The van der Waals surface area contributed by atoms with Crippen molar-refractivity contribution in [2.75, 3.05) is 0 Å². The summed E-state index contributed by atoms with van der Waals surface area (Å²) in [6.45, 7) is 8.24. The Hall–Kier alpha value is -3.24. The number of nitrogens with zero attached hydrogens (tertiary/aromatic N) is 5.